The minimum Gasteiger partial charge on any atom is -0.310 e. The van der Waals surface area contributed by atoms with Crippen LogP contribution in [0.3, 0.4) is 0 Å². The number of hydrogen-bond donors (Lipinski definition) is 1. The summed E-state index contributed by atoms with van der Waals surface area (Å²) in [6.45, 7) is 9.93. The summed E-state index contributed by atoms with van der Waals surface area (Å²) in [7, 11) is 0. The van der Waals surface area contributed by atoms with Gasteiger partial charge in [0.15, 0.2) is 0 Å². The van der Waals surface area contributed by atoms with E-state index in [4.69, 9.17) is 0 Å². The summed E-state index contributed by atoms with van der Waals surface area (Å²) in [4.78, 5) is 2.80. The van der Waals surface area contributed by atoms with Gasteiger partial charge in [0, 0.05) is 31.2 Å². The maximum Gasteiger partial charge on any atom is 0.0200 e. The lowest BCUT2D eigenvalue weighted by molar-refractivity contribution is 0.0755. The van der Waals surface area contributed by atoms with E-state index in [9.17, 15) is 0 Å². The highest BCUT2D eigenvalue weighted by Gasteiger charge is 2.38. The van der Waals surface area contributed by atoms with Gasteiger partial charge in [0.05, 0.1) is 0 Å². The van der Waals surface area contributed by atoms with Gasteiger partial charge < -0.3 is 5.32 Å². The SMILES string of the molecule is CC(C)C1CC(NC2CC2)CN(C(C)C2CC2)C1. The smallest absolute Gasteiger partial charge is 0.0200 e. The molecular weight excluding hydrogens is 220 g/mol. The van der Waals surface area contributed by atoms with E-state index in [-0.39, 0.29) is 0 Å². The molecule has 2 heteroatoms. The van der Waals surface area contributed by atoms with Crippen LogP contribution in [0, 0.1) is 17.8 Å². The highest BCUT2D eigenvalue weighted by molar-refractivity contribution is 4.94. The Labute approximate surface area is 113 Å². The number of rotatable bonds is 5. The van der Waals surface area contributed by atoms with Crippen molar-refractivity contribution in [3.05, 3.63) is 0 Å². The third kappa shape index (κ3) is 3.08. The Morgan fingerprint density at radius 2 is 1.61 bits per heavy atom. The lowest BCUT2D eigenvalue weighted by Gasteiger charge is -2.43. The highest BCUT2D eigenvalue weighted by atomic mass is 15.2. The molecule has 2 aliphatic carbocycles. The summed E-state index contributed by atoms with van der Waals surface area (Å²) in [5, 5.41) is 3.88. The van der Waals surface area contributed by atoms with Crippen LogP contribution in [0.2, 0.25) is 0 Å². The van der Waals surface area contributed by atoms with Crippen LogP contribution in [0.4, 0.5) is 0 Å². The first-order valence-corrected chi connectivity index (χ1v) is 8.13. The van der Waals surface area contributed by atoms with Gasteiger partial charge in [-0.3, -0.25) is 4.90 Å². The van der Waals surface area contributed by atoms with E-state index in [0.717, 1.165) is 35.9 Å². The van der Waals surface area contributed by atoms with E-state index >= 15 is 0 Å². The van der Waals surface area contributed by atoms with Gasteiger partial charge in [-0.2, -0.15) is 0 Å². The fraction of sp³-hybridized carbons (Fsp3) is 1.00. The third-order valence-electron chi connectivity index (χ3n) is 5.38. The number of piperidine rings is 1. The van der Waals surface area contributed by atoms with Crippen molar-refractivity contribution < 1.29 is 0 Å². The standard InChI is InChI=1S/C16H30N2/c1-11(2)14-8-16(17-15-6-7-15)10-18(9-14)12(3)13-4-5-13/h11-17H,4-10H2,1-3H3. The molecule has 3 atom stereocenters. The zero-order chi connectivity index (χ0) is 12.7. The molecule has 1 N–H and O–H groups in total. The first-order valence-electron chi connectivity index (χ1n) is 8.13. The van der Waals surface area contributed by atoms with Crippen LogP contribution in [0.1, 0.15) is 52.9 Å². The topological polar surface area (TPSA) is 15.3 Å². The first-order chi connectivity index (χ1) is 8.63. The first kappa shape index (κ1) is 12.9. The molecule has 0 aromatic rings. The zero-order valence-corrected chi connectivity index (χ0v) is 12.4. The average molecular weight is 250 g/mol. The molecule has 104 valence electrons. The molecule has 0 bridgehead atoms. The van der Waals surface area contributed by atoms with Crippen molar-refractivity contribution in [2.75, 3.05) is 13.1 Å². The van der Waals surface area contributed by atoms with E-state index in [0.29, 0.717) is 0 Å². The van der Waals surface area contributed by atoms with Crippen LogP contribution in [-0.2, 0) is 0 Å². The highest BCUT2D eigenvalue weighted by Crippen LogP contribution is 2.37. The van der Waals surface area contributed by atoms with Gasteiger partial charge in [0.1, 0.15) is 0 Å². The molecule has 2 nitrogen and oxygen atoms in total. The molecule has 1 aliphatic heterocycles. The molecule has 0 aromatic carbocycles. The van der Waals surface area contributed by atoms with Crippen molar-refractivity contribution in [1.29, 1.82) is 0 Å². The fourth-order valence-corrected chi connectivity index (χ4v) is 3.57. The van der Waals surface area contributed by atoms with Gasteiger partial charge >= 0.3 is 0 Å². The Balaban J connectivity index is 1.61. The molecule has 1 heterocycles. The maximum absolute atomic E-state index is 3.88. The van der Waals surface area contributed by atoms with Crippen LogP contribution in [-0.4, -0.2) is 36.1 Å². The van der Waals surface area contributed by atoms with Crippen LogP contribution in [0.5, 0.6) is 0 Å². The number of hydrogen-bond acceptors (Lipinski definition) is 2. The van der Waals surface area contributed by atoms with Gasteiger partial charge in [0.2, 0.25) is 0 Å². The second-order valence-corrected chi connectivity index (χ2v) is 7.41. The predicted octanol–water partition coefficient (Wildman–Crippen LogP) is 2.88. The lowest BCUT2D eigenvalue weighted by Crippen LogP contribution is -2.53. The number of likely N-dealkylation sites (tertiary alicyclic amines) is 1. The largest absolute Gasteiger partial charge is 0.310 e. The number of nitrogens with zero attached hydrogens (tertiary/aromatic N) is 1. The Bertz CT molecular complexity index is 281. The van der Waals surface area contributed by atoms with Crippen LogP contribution in [0.25, 0.3) is 0 Å². The molecular formula is C16H30N2. The zero-order valence-electron chi connectivity index (χ0n) is 12.4. The quantitative estimate of drug-likeness (QED) is 0.807. The van der Waals surface area contributed by atoms with Gasteiger partial charge in [-0.05, 0) is 56.8 Å². The average Bonchev–Trinajstić information content (AvgIpc) is 3.20. The van der Waals surface area contributed by atoms with E-state index in [1.54, 1.807) is 0 Å². The van der Waals surface area contributed by atoms with Crippen molar-refractivity contribution in [3.63, 3.8) is 0 Å². The van der Waals surface area contributed by atoms with Gasteiger partial charge in [-0.1, -0.05) is 13.8 Å². The molecule has 0 aromatic heterocycles. The van der Waals surface area contributed by atoms with Gasteiger partial charge in [-0.15, -0.1) is 0 Å². The molecule has 2 saturated carbocycles. The number of nitrogens with one attached hydrogen (secondary N) is 1. The minimum absolute atomic E-state index is 0.764. The van der Waals surface area contributed by atoms with Crippen LogP contribution < -0.4 is 5.32 Å². The third-order valence-corrected chi connectivity index (χ3v) is 5.38. The van der Waals surface area contributed by atoms with E-state index in [2.05, 4.69) is 31.0 Å². The summed E-state index contributed by atoms with van der Waals surface area (Å²) in [6, 6.07) is 2.45. The lowest BCUT2D eigenvalue weighted by atomic mass is 9.84. The summed E-state index contributed by atoms with van der Waals surface area (Å²) < 4.78 is 0. The Kier molecular flexibility index (Phi) is 3.68. The molecule has 3 fully saturated rings. The van der Waals surface area contributed by atoms with Gasteiger partial charge in [0.25, 0.3) is 0 Å². The molecule has 3 rings (SSSR count). The van der Waals surface area contributed by atoms with Gasteiger partial charge in [-0.25, -0.2) is 0 Å². The Hall–Kier alpha value is -0.0800. The minimum atomic E-state index is 0.764. The van der Waals surface area contributed by atoms with Crippen molar-refractivity contribution in [2.45, 2.75) is 71.0 Å². The summed E-state index contributed by atoms with van der Waals surface area (Å²) in [5.41, 5.74) is 0. The normalized spacial score (nSPS) is 36.0. The molecule has 1 saturated heterocycles. The van der Waals surface area contributed by atoms with Crippen molar-refractivity contribution >= 4 is 0 Å². The van der Waals surface area contributed by atoms with Crippen LogP contribution in [0.15, 0.2) is 0 Å². The summed E-state index contributed by atoms with van der Waals surface area (Å²) in [6.07, 6.45) is 7.19. The predicted molar refractivity (Wildman–Crippen MR) is 76.6 cm³/mol. The van der Waals surface area contributed by atoms with E-state index in [1.165, 1.54) is 45.2 Å². The Morgan fingerprint density at radius 3 is 2.17 bits per heavy atom. The van der Waals surface area contributed by atoms with Crippen molar-refractivity contribution in [3.8, 4) is 0 Å². The van der Waals surface area contributed by atoms with E-state index in [1.807, 2.05) is 0 Å². The Morgan fingerprint density at radius 1 is 0.889 bits per heavy atom. The fourth-order valence-electron chi connectivity index (χ4n) is 3.57. The monoisotopic (exact) mass is 250 g/mol. The van der Waals surface area contributed by atoms with E-state index < -0.39 is 0 Å². The summed E-state index contributed by atoms with van der Waals surface area (Å²) in [5.74, 6) is 2.75. The molecule has 3 aliphatic rings. The molecule has 3 unspecified atom stereocenters. The molecule has 0 amide bonds. The second kappa shape index (κ2) is 5.13. The maximum atomic E-state index is 3.88. The molecule has 18 heavy (non-hydrogen) atoms. The second-order valence-electron chi connectivity index (χ2n) is 7.41. The van der Waals surface area contributed by atoms with Crippen molar-refractivity contribution in [1.82, 2.24) is 10.2 Å². The van der Waals surface area contributed by atoms with Crippen molar-refractivity contribution in [2.24, 2.45) is 17.8 Å². The van der Waals surface area contributed by atoms with Crippen LogP contribution >= 0.6 is 0 Å². The molecule has 0 spiro atoms. The summed E-state index contributed by atoms with van der Waals surface area (Å²) >= 11 is 0. The molecule has 0 radical (unpaired) electrons.